The fourth-order valence-corrected chi connectivity index (χ4v) is 4.75. The summed E-state index contributed by atoms with van der Waals surface area (Å²) in [5.41, 5.74) is -0.472. The van der Waals surface area contributed by atoms with Crippen LogP contribution in [0.25, 0.3) is 0 Å². The van der Waals surface area contributed by atoms with Crippen LogP contribution in [0.3, 0.4) is 0 Å². The summed E-state index contributed by atoms with van der Waals surface area (Å²) in [5, 5.41) is 0. The second-order valence-electron chi connectivity index (χ2n) is 7.73. The van der Waals surface area contributed by atoms with Crippen LogP contribution in [0.15, 0.2) is 24.3 Å². The number of benzene rings is 1. The molecule has 2 atom stereocenters. The molecule has 2 heterocycles. The Kier molecular flexibility index (Phi) is 3.60. The molecule has 1 saturated heterocycles. The Hall–Kier alpha value is -1.79. The van der Waals surface area contributed by atoms with E-state index >= 15 is 0 Å². The van der Waals surface area contributed by atoms with E-state index in [-0.39, 0.29) is 43.2 Å². The number of fused-ring (bicyclic) bond motifs is 3. The lowest BCUT2D eigenvalue weighted by atomic mass is 9.96. The van der Waals surface area contributed by atoms with Crippen molar-refractivity contribution in [3.8, 4) is 0 Å². The minimum absolute atomic E-state index is 0.0483. The molecule has 6 nitrogen and oxygen atoms in total. The molecule has 2 amide bonds. The largest absolute Gasteiger partial charge is 0.462 e. The third kappa shape index (κ3) is 2.42. The van der Waals surface area contributed by atoms with Crippen molar-refractivity contribution in [1.29, 1.82) is 0 Å². The Morgan fingerprint density at radius 3 is 2.59 bits per heavy atom. The number of alkyl halides is 2. The maximum absolute atomic E-state index is 13.3. The van der Waals surface area contributed by atoms with Crippen LogP contribution >= 0.6 is 23.2 Å². The quantitative estimate of drug-likeness (QED) is 0.567. The summed E-state index contributed by atoms with van der Waals surface area (Å²) in [4.78, 5) is 42.4. The number of esters is 1. The summed E-state index contributed by atoms with van der Waals surface area (Å²) in [7, 11) is 0. The Morgan fingerprint density at radius 1 is 1.22 bits per heavy atom. The minimum atomic E-state index is -1.40. The first-order valence-corrected chi connectivity index (χ1v) is 9.92. The number of nitrogens with zero attached hydrogens (tertiary/aromatic N) is 2. The summed E-state index contributed by atoms with van der Waals surface area (Å²) in [5.74, 6) is -1.08. The molecule has 0 bridgehead atoms. The molecule has 0 unspecified atom stereocenters. The molecule has 0 aromatic heterocycles. The van der Waals surface area contributed by atoms with Crippen LogP contribution < -0.4 is 4.90 Å². The van der Waals surface area contributed by atoms with Gasteiger partial charge in [-0.1, -0.05) is 12.1 Å². The maximum Gasteiger partial charge on any atom is 0.353 e. The van der Waals surface area contributed by atoms with Crippen molar-refractivity contribution in [2.75, 3.05) is 11.5 Å². The van der Waals surface area contributed by atoms with E-state index in [1.54, 1.807) is 29.2 Å². The average molecular weight is 409 g/mol. The third-order valence-corrected chi connectivity index (χ3v) is 6.84. The lowest BCUT2D eigenvalue weighted by molar-refractivity contribution is -0.158. The SMILES string of the molecule is O=C1CC[C@@]2(C(=O)OC[C@@H]3CC3(Cl)Cl)N1c1ccccc1C(=O)N2C1CC1. The molecular formula is C19H18Cl2N2O4. The van der Waals surface area contributed by atoms with E-state index in [1.807, 2.05) is 0 Å². The van der Waals surface area contributed by atoms with Gasteiger partial charge < -0.3 is 9.64 Å². The molecule has 2 saturated carbocycles. The number of carbonyl (C=O) groups is 3. The molecule has 0 N–H and O–H groups in total. The Bertz CT molecular complexity index is 869. The Labute approximate surface area is 166 Å². The molecule has 1 aromatic carbocycles. The van der Waals surface area contributed by atoms with E-state index in [4.69, 9.17) is 27.9 Å². The van der Waals surface area contributed by atoms with Crippen molar-refractivity contribution >= 4 is 46.7 Å². The lowest BCUT2D eigenvalue weighted by Crippen LogP contribution is -2.69. The van der Waals surface area contributed by atoms with Crippen LogP contribution in [0.2, 0.25) is 0 Å². The molecule has 1 aromatic rings. The molecular weight excluding hydrogens is 391 g/mol. The molecule has 27 heavy (non-hydrogen) atoms. The highest BCUT2D eigenvalue weighted by atomic mass is 35.5. The molecule has 8 heteroatoms. The standard InChI is InChI=1S/C19H18Cl2N2O4/c20-18(21)9-11(18)10-27-17(26)19-8-7-15(24)23(19)14-4-2-1-3-13(14)16(25)22(19)12-5-6-12/h1-4,11-12H,5-10H2/t11-,19-/m0/s1. The molecule has 2 aliphatic heterocycles. The number of ether oxygens (including phenoxy) is 1. The highest BCUT2D eigenvalue weighted by Crippen LogP contribution is 2.54. The highest BCUT2D eigenvalue weighted by molar-refractivity contribution is 6.50. The fourth-order valence-electron chi connectivity index (χ4n) is 4.25. The Balaban J connectivity index is 1.56. The number of anilines is 1. The number of hydrogen-bond donors (Lipinski definition) is 0. The van der Waals surface area contributed by atoms with Gasteiger partial charge >= 0.3 is 5.97 Å². The van der Waals surface area contributed by atoms with Gasteiger partial charge in [0, 0.05) is 24.8 Å². The predicted molar refractivity (Wildman–Crippen MR) is 98.6 cm³/mol. The second kappa shape index (κ2) is 5.61. The molecule has 5 rings (SSSR count). The number of rotatable bonds is 4. The molecule has 142 valence electrons. The smallest absolute Gasteiger partial charge is 0.353 e. The molecule has 0 radical (unpaired) electrons. The number of hydrogen-bond acceptors (Lipinski definition) is 4. The van der Waals surface area contributed by atoms with E-state index < -0.39 is 16.0 Å². The van der Waals surface area contributed by atoms with E-state index in [1.165, 1.54) is 4.90 Å². The molecule has 4 aliphatic rings. The second-order valence-corrected chi connectivity index (χ2v) is 9.27. The summed E-state index contributed by atoms with van der Waals surface area (Å²) in [6, 6.07) is 6.90. The first-order valence-electron chi connectivity index (χ1n) is 9.17. The van der Waals surface area contributed by atoms with Gasteiger partial charge in [-0.3, -0.25) is 14.5 Å². The van der Waals surface area contributed by atoms with Crippen molar-refractivity contribution in [3.05, 3.63) is 29.8 Å². The number of carbonyl (C=O) groups excluding carboxylic acids is 3. The molecule has 3 fully saturated rings. The first-order chi connectivity index (χ1) is 12.9. The summed E-state index contributed by atoms with van der Waals surface area (Å²) in [6.07, 6.45) is 2.63. The minimum Gasteiger partial charge on any atom is -0.462 e. The van der Waals surface area contributed by atoms with E-state index in [0.29, 0.717) is 17.7 Å². The van der Waals surface area contributed by atoms with Gasteiger partial charge in [-0.15, -0.1) is 23.2 Å². The van der Waals surface area contributed by atoms with Gasteiger partial charge in [-0.2, -0.15) is 0 Å². The number of amides is 2. The van der Waals surface area contributed by atoms with Crippen LogP contribution in [0, 0.1) is 5.92 Å². The monoisotopic (exact) mass is 408 g/mol. The van der Waals surface area contributed by atoms with Crippen LogP contribution in [0.1, 0.15) is 42.5 Å². The van der Waals surface area contributed by atoms with Crippen LogP contribution in [-0.4, -0.2) is 45.3 Å². The number of halogens is 2. The van der Waals surface area contributed by atoms with Gasteiger partial charge in [-0.25, -0.2) is 4.79 Å². The lowest BCUT2D eigenvalue weighted by Gasteiger charge is -2.48. The zero-order chi connectivity index (χ0) is 19.0. The highest BCUT2D eigenvalue weighted by Gasteiger charge is 2.65. The van der Waals surface area contributed by atoms with Crippen molar-refractivity contribution in [1.82, 2.24) is 4.90 Å². The summed E-state index contributed by atoms with van der Waals surface area (Å²) in [6.45, 7) is 0.0873. The van der Waals surface area contributed by atoms with Crippen LogP contribution in [0.4, 0.5) is 5.69 Å². The van der Waals surface area contributed by atoms with Crippen LogP contribution in [-0.2, 0) is 14.3 Å². The normalized spacial score (nSPS) is 30.8. The van der Waals surface area contributed by atoms with Gasteiger partial charge in [0.25, 0.3) is 5.91 Å². The van der Waals surface area contributed by atoms with Crippen molar-refractivity contribution in [2.45, 2.75) is 48.1 Å². The van der Waals surface area contributed by atoms with Crippen molar-refractivity contribution < 1.29 is 19.1 Å². The van der Waals surface area contributed by atoms with Crippen LogP contribution in [0.5, 0.6) is 0 Å². The number of para-hydroxylation sites is 1. The topological polar surface area (TPSA) is 66.9 Å². The molecule has 0 spiro atoms. The van der Waals surface area contributed by atoms with Crippen molar-refractivity contribution in [3.63, 3.8) is 0 Å². The van der Waals surface area contributed by atoms with Gasteiger partial charge in [0.1, 0.15) is 4.33 Å². The zero-order valence-electron chi connectivity index (χ0n) is 14.5. The third-order valence-electron chi connectivity index (χ3n) is 5.91. The van der Waals surface area contributed by atoms with Gasteiger partial charge in [-0.05, 0) is 31.4 Å². The van der Waals surface area contributed by atoms with E-state index in [9.17, 15) is 14.4 Å². The summed E-state index contributed by atoms with van der Waals surface area (Å²) < 4.78 is 4.72. The van der Waals surface area contributed by atoms with Gasteiger partial charge in [0.2, 0.25) is 11.6 Å². The van der Waals surface area contributed by atoms with Gasteiger partial charge in [0.05, 0.1) is 17.9 Å². The first kappa shape index (κ1) is 17.3. The van der Waals surface area contributed by atoms with Gasteiger partial charge in [0.15, 0.2) is 0 Å². The average Bonchev–Trinajstić information content (AvgIpc) is 3.53. The maximum atomic E-state index is 13.3. The zero-order valence-corrected chi connectivity index (χ0v) is 16.0. The van der Waals surface area contributed by atoms with E-state index in [0.717, 1.165) is 12.8 Å². The Morgan fingerprint density at radius 2 is 1.93 bits per heavy atom. The summed E-state index contributed by atoms with van der Waals surface area (Å²) >= 11 is 12.1. The van der Waals surface area contributed by atoms with Crippen molar-refractivity contribution in [2.24, 2.45) is 5.92 Å². The van der Waals surface area contributed by atoms with E-state index in [2.05, 4.69) is 0 Å². The predicted octanol–water partition coefficient (Wildman–Crippen LogP) is 2.86. The molecule has 2 aliphatic carbocycles. The fraction of sp³-hybridized carbons (Fsp3) is 0.526.